The van der Waals surface area contributed by atoms with Crippen LogP contribution in [0.25, 0.3) is 0 Å². The minimum atomic E-state index is -3.16. The van der Waals surface area contributed by atoms with E-state index in [0.29, 0.717) is 25.6 Å². The normalized spacial score (nSPS) is 13.2. The number of hydrogen-bond acceptors (Lipinski definition) is 4. The lowest BCUT2D eigenvalue weighted by atomic mass is 9.79. The van der Waals surface area contributed by atoms with Crippen molar-refractivity contribution in [1.82, 2.24) is 15.4 Å². The van der Waals surface area contributed by atoms with Crippen LogP contribution in [0, 0.1) is 5.41 Å². The average Bonchev–Trinajstić information content (AvgIpc) is 2.46. The zero-order chi connectivity index (χ0) is 17.1. The highest BCUT2D eigenvalue weighted by atomic mass is 32.2. The molecule has 8 heteroatoms. The Morgan fingerprint density at radius 2 is 1.77 bits per heavy atom. The van der Waals surface area contributed by atoms with Gasteiger partial charge in [-0.05, 0) is 31.6 Å². The van der Waals surface area contributed by atoms with Gasteiger partial charge in [0, 0.05) is 32.8 Å². The van der Waals surface area contributed by atoms with Crippen molar-refractivity contribution in [2.75, 3.05) is 39.0 Å². The van der Waals surface area contributed by atoms with Gasteiger partial charge in [-0.2, -0.15) is 0 Å². The number of aliphatic hydroxyl groups is 1. The minimum Gasteiger partial charge on any atom is -0.396 e. The maximum absolute atomic E-state index is 11.0. The third kappa shape index (κ3) is 9.22. The molecule has 22 heavy (non-hydrogen) atoms. The average molecular weight is 337 g/mol. The van der Waals surface area contributed by atoms with Crippen molar-refractivity contribution in [1.29, 1.82) is 0 Å². The first-order valence-corrected chi connectivity index (χ1v) is 9.79. The maximum atomic E-state index is 11.0. The first kappa shape index (κ1) is 21.1. The molecule has 0 aromatic carbocycles. The van der Waals surface area contributed by atoms with Crippen molar-refractivity contribution < 1.29 is 13.5 Å². The molecule has 4 N–H and O–H groups in total. The van der Waals surface area contributed by atoms with Crippen molar-refractivity contribution in [3.05, 3.63) is 0 Å². The topological polar surface area (TPSA) is 103 Å². The zero-order valence-corrected chi connectivity index (χ0v) is 15.1. The molecule has 0 spiro atoms. The highest BCUT2D eigenvalue weighted by Crippen LogP contribution is 2.30. The van der Waals surface area contributed by atoms with Crippen LogP contribution in [0.3, 0.4) is 0 Å². The van der Waals surface area contributed by atoms with Gasteiger partial charge in [-0.15, -0.1) is 0 Å². The molecule has 0 unspecified atom stereocenters. The SMILES string of the molecule is CCNC(=NCC(CC)(CC)CCO)NCCNS(C)(=O)=O. The zero-order valence-electron chi connectivity index (χ0n) is 14.3. The molecule has 0 aromatic heterocycles. The number of nitrogens with one attached hydrogen (secondary N) is 3. The summed E-state index contributed by atoms with van der Waals surface area (Å²) < 4.78 is 24.4. The Bertz CT molecular complexity index is 420. The molecule has 0 bridgehead atoms. The van der Waals surface area contributed by atoms with Gasteiger partial charge in [0.2, 0.25) is 10.0 Å². The lowest BCUT2D eigenvalue weighted by Gasteiger charge is -2.29. The smallest absolute Gasteiger partial charge is 0.208 e. The highest BCUT2D eigenvalue weighted by Gasteiger charge is 2.25. The summed E-state index contributed by atoms with van der Waals surface area (Å²) in [7, 11) is -3.16. The number of aliphatic hydroxyl groups excluding tert-OH is 1. The summed E-state index contributed by atoms with van der Waals surface area (Å²) in [5.74, 6) is 0.669. The Balaban J connectivity index is 4.57. The summed E-state index contributed by atoms with van der Waals surface area (Å²) in [4.78, 5) is 4.59. The van der Waals surface area contributed by atoms with Crippen LogP contribution in [0.15, 0.2) is 4.99 Å². The number of sulfonamides is 1. The maximum Gasteiger partial charge on any atom is 0.208 e. The summed E-state index contributed by atoms with van der Waals surface area (Å²) in [6.07, 6.45) is 3.79. The first-order valence-electron chi connectivity index (χ1n) is 7.90. The molecule has 0 atom stereocenters. The quantitative estimate of drug-likeness (QED) is 0.247. The largest absolute Gasteiger partial charge is 0.396 e. The van der Waals surface area contributed by atoms with Crippen LogP contribution in [-0.4, -0.2) is 58.5 Å². The van der Waals surface area contributed by atoms with Crippen molar-refractivity contribution in [2.24, 2.45) is 10.4 Å². The lowest BCUT2D eigenvalue weighted by Crippen LogP contribution is -2.42. The minimum absolute atomic E-state index is 0.0160. The van der Waals surface area contributed by atoms with Crippen LogP contribution in [0.1, 0.15) is 40.0 Å². The van der Waals surface area contributed by atoms with Crippen LogP contribution in [0.5, 0.6) is 0 Å². The van der Waals surface area contributed by atoms with Gasteiger partial charge >= 0.3 is 0 Å². The standard InChI is InChI=1S/C14H32N4O3S/c1-5-14(6-2,8-11-19)12-17-13(15-7-3)16-9-10-18-22(4,20)21/h18-19H,5-12H2,1-4H3,(H2,15,16,17). The molecule has 0 fully saturated rings. The van der Waals surface area contributed by atoms with Crippen LogP contribution >= 0.6 is 0 Å². The van der Waals surface area contributed by atoms with Gasteiger partial charge in [-0.25, -0.2) is 13.1 Å². The third-order valence-corrected chi connectivity index (χ3v) is 4.57. The monoisotopic (exact) mass is 336 g/mol. The molecular formula is C14H32N4O3S. The van der Waals surface area contributed by atoms with E-state index in [9.17, 15) is 13.5 Å². The van der Waals surface area contributed by atoms with E-state index < -0.39 is 10.0 Å². The Hall–Kier alpha value is -0.860. The molecule has 0 saturated heterocycles. The highest BCUT2D eigenvalue weighted by molar-refractivity contribution is 7.88. The second-order valence-corrected chi connectivity index (χ2v) is 7.30. The lowest BCUT2D eigenvalue weighted by molar-refractivity contribution is 0.175. The summed E-state index contributed by atoms with van der Waals surface area (Å²) in [5.41, 5.74) is 0.0160. The predicted octanol–water partition coefficient (Wildman–Crippen LogP) is 0.280. The van der Waals surface area contributed by atoms with Gasteiger partial charge in [0.1, 0.15) is 0 Å². The van der Waals surface area contributed by atoms with Crippen LogP contribution in [0.2, 0.25) is 0 Å². The number of rotatable bonds is 11. The Morgan fingerprint density at radius 3 is 2.23 bits per heavy atom. The van der Waals surface area contributed by atoms with Gasteiger partial charge in [-0.3, -0.25) is 4.99 Å². The van der Waals surface area contributed by atoms with Gasteiger partial charge in [0.25, 0.3) is 0 Å². The molecule has 0 rings (SSSR count). The number of aliphatic imine (C=N–C) groups is 1. The molecule has 7 nitrogen and oxygen atoms in total. The van der Waals surface area contributed by atoms with E-state index in [4.69, 9.17) is 0 Å². The van der Waals surface area contributed by atoms with Gasteiger partial charge in [0.15, 0.2) is 5.96 Å². The van der Waals surface area contributed by atoms with Gasteiger partial charge < -0.3 is 15.7 Å². The van der Waals surface area contributed by atoms with Gasteiger partial charge in [0.05, 0.1) is 6.26 Å². The molecule has 0 aliphatic heterocycles. The van der Waals surface area contributed by atoms with E-state index in [0.717, 1.165) is 32.1 Å². The van der Waals surface area contributed by atoms with E-state index in [1.807, 2.05) is 6.92 Å². The van der Waals surface area contributed by atoms with Crippen LogP contribution in [0.4, 0.5) is 0 Å². The Morgan fingerprint density at radius 1 is 1.14 bits per heavy atom. The fourth-order valence-electron chi connectivity index (χ4n) is 2.15. The first-order chi connectivity index (χ1) is 10.3. The second-order valence-electron chi connectivity index (χ2n) is 5.47. The van der Waals surface area contributed by atoms with Crippen LogP contribution < -0.4 is 15.4 Å². The number of nitrogens with zero attached hydrogens (tertiary/aromatic N) is 1. The number of hydrogen-bond donors (Lipinski definition) is 4. The molecule has 132 valence electrons. The molecular weight excluding hydrogens is 304 g/mol. The molecule has 0 aromatic rings. The van der Waals surface area contributed by atoms with Crippen molar-refractivity contribution >= 4 is 16.0 Å². The summed E-state index contributed by atoms with van der Waals surface area (Å²) in [5, 5.41) is 15.5. The third-order valence-electron chi connectivity index (χ3n) is 3.84. The summed E-state index contributed by atoms with van der Waals surface area (Å²) >= 11 is 0. The summed E-state index contributed by atoms with van der Waals surface area (Å²) in [6, 6.07) is 0. The predicted molar refractivity (Wildman–Crippen MR) is 91.5 cm³/mol. The van der Waals surface area contributed by atoms with Gasteiger partial charge in [-0.1, -0.05) is 13.8 Å². The fourth-order valence-corrected chi connectivity index (χ4v) is 2.62. The molecule has 0 saturated carbocycles. The van der Waals surface area contributed by atoms with E-state index >= 15 is 0 Å². The number of guanidine groups is 1. The fraction of sp³-hybridized carbons (Fsp3) is 0.929. The van der Waals surface area contributed by atoms with Crippen molar-refractivity contribution in [3.8, 4) is 0 Å². The van der Waals surface area contributed by atoms with E-state index in [1.165, 1.54) is 0 Å². The van der Waals surface area contributed by atoms with E-state index in [-0.39, 0.29) is 12.0 Å². The summed E-state index contributed by atoms with van der Waals surface area (Å²) in [6.45, 7) is 8.52. The van der Waals surface area contributed by atoms with Crippen molar-refractivity contribution in [3.63, 3.8) is 0 Å². The molecule has 0 radical (unpaired) electrons. The van der Waals surface area contributed by atoms with E-state index in [1.54, 1.807) is 0 Å². The molecule has 0 aliphatic rings. The molecule has 0 amide bonds. The second kappa shape index (κ2) is 10.8. The molecule has 0 aliphatic carbocycles. The Kier molecular flexibility index (Phi) is 10.4. The van der Waals surface area contributed by atoms with Crippen LogP contribution in [-0.2, 0) is 10.0 Å². The molecule has 0 heterocycles. The van der Waals surface area contributed by atoms with Crippen molar-refractivity contribution in [2.45, 2.75) is 40.0 Å². The Labute approximate surface area is 135 Å². The van der Waals surface area contributed by atoms with E-state index in [2.05, 4.69) is 34.2 Å².